The molecule has 140 valence electrons. The Kier molecular flexibility index (Phi) is 7.34. The fraction of sp³-hybridized carbons (Fsp3) is 0.684. The van der Waals surface area contributed by atoms with Crippen molar-refractivity contribution >= 4 is 11.9 Å². The van der Waals surface area contributed by atoms with Gasteiger partial charge in [-0.1, -0.05) is 19.3 Å². The zero-order chi connectivity index (χ0) is 18.1. The third kappa shape index (κ3) is 6.44. The molecule has 25 heavy (non-hydrogen) atoms. The molecular weight excluding hydrogens is 316 g/mol. The zero-order valence-electron chi connectivity index (χ0n) is 15.7. The maximum Gasteiger partial charge on any atom is 0.227 e. The molecule has 0 aliphatic heterocycles. The Labute approximate surface area is 150 Å². The van der Waals surface area contributed by atoms with E-state index in [-0.39, 0.29) is 5.91 Å². The van der Waals surface area contributed by atoms with Gasteiger partial charge in [0.15, 0.2) is 5.96 Å². The summed E-state index contributed by atoms with van der Waals surface area (Å²) in [6, 6.07) is 4.34. The largest absolute Gasteiger partial charge is 0.469 e. The third-order valence-corrected chi connectivity index (χ3v) is 4.66. The molecule has 1 aromatic rings. The molecule has 1 heterocycles. The van der Waals surface area contributed by atoms with Gasteiger partial charge >= 0.3 is 0 Å². The van der Waals surface area contributed by atoms with Crippen LogP contribution in [0.1, 0.15) is 51.7 Å². The average Bonchev–Trinajstić information content (AvgIpc) is 3.13. The lowest BCUT2D eigenvalue weighted by atomic mass is 9.92. The average molecular weight is 348 g/mol. The number of aliphatic imine (C=N–C) groups is 1. The van der Waals surface area contributed by atoms with Gasteiger partial charge in [0.05, 0.1) is 18.2 Å². The summed E-state index contributed by atoms with van der Waals surface area (Å²) in [4.78, 5) is 16.7. The van der Waals surface area contributed by atoms with Crippen LogP contribution in [-0.2, 0) is 11.2 Å². The lowest BCUT2D eigenvalue weighted by Crippen LogP contribution is -2.46. The molecule has 0 atom stereocenters. The van der Waals surface area contributed by atoms with Gasteiger partial charge in [-0.2, -0.15) is 0 Å². The van der Waals surface area contributed by atoms with Crippen molar-refractivity contribution in [1.29, 1.82) is 0 Å². The number of guanidine groups is 1. The SMILES string of the molecule is CNC(=O)C(C)(C)CN=C(NCCc1ccco1)NC1CCCCC1. The van der Waals surface area contributed by atoms with Gasteiger partial charge in [0.2, 0.25) is 5.91 Å². The highest BCUT2D eigenvalue weighted by Gasteiger charge is 2.26. The number of rotatable bonds is 7. The molecule has 1 amide bonds. The van der Waals surface area contributed by atoms with Crippen LogP contribution in [-0.4, -0.2) is 38.0 Å². The van der Waals surface area contributed by atoms with Crippen molar-refractivity contribution in [2.24, 2.45) is 10.4 Å². The van der Waals surface area contributed by atoms with Gasteiger partial charge in [0, 0.05) is 26.1 Å². The molecule has 0 spiro atoms. The van der Waals surface area contributed by atoms with Gasteiger partial charge in [-0.05, 0) is 38.8 Å². The van der Waals surface area contributed by atoms with E-state index in [1.165, 1.54) is 32.1 Å². The van der Waals surface area contributed by atoms with Crippen LogP contribution in [0, 0.1) is 5.41 Å². The van der Waals surface area contributed by atoms with Gasteiger partial charge in [0.25, 0.3) is 0 Å². The molecule has 1 aromatic heterocycles. The molecule has 0 bridgehead atoms. The molecule has 1 aliphatic carbocycles. The minimum absolute atomic E-state index is 0.00357. The highest BCUT2D eigenvalue weighted by Crippen LogP contribution is 2.18. The van der Waals surface area contributed by atoms with Crippen LogP contribution in [0.15, 0.2) is 27.8 Å². The Balaban J connectivity index is 1.94. The van der Waals surface area contributed by atoms with Crippen molar-refractivity contribution in [3.63, 3.8) is 0 Å². The van der Waals surface area contributed by atoms with Gasteiger partial charge < -0.3 is 20.4 Å². The van der Waals surface area contributed by atoms with Gasteiger partial charge in [-0.15, -0.1) is 0 Å². The normalized spacial score (nSPS) is 16.5. The predicted molar refractivity (Wildman–Crippen MR) is 101 cm³/mol. The standard InChI is InChI=1S/C19H32N4O2/c1-19(2,17(24)20-3)14-22-18(23-15-8-5-4-6-9-15)21-12-11-16-10-7-13-25-16/h7,10,13,15H,4-6,8-9,11-12,14H2,1-3H3,(H,20,24)(H2,21,22,23). The van der Waals surface area contributed by atoms with Crippen molar-refractivity contribution in [3.05, 3.63) is 24.2 Å². The van der Waals surface area contributed by atoms with Crippen molar-refractivity contribution in [1.82, 2.24) is 16.0 Å². The second-order valence-corrected chi connectivity index (χ2v) is 7.36. The summed E-state index contributed by atoms with van der Waals surface area (Å²) < 4.78 is 5.37. The molecule has 0 unspecified atom stereocenters. The fourth-order valence-electron chi connectivity index (χ4n) is 3.04. The summed E-state index contributed by atoms with van der Waals surface area (Å²) >= 11 is 0. The monoisotopic (exact) mass is 348 g/mol. The fourth-order valence-corrected chi connectivity index (χ4v) is 3.04. The lowest BCUT2D eigenvalue weighted by molar-refractivity contribution is -0.128. The van der Waals surface area contributed by atoms with E-state index in [0.717, 1.165) is 24.7 Å². The van der Waals surface area contributed by atoms with E-state index < -0.39 is 5.41 Å². The van der Waals surface area contributed by atoms with E-state index in [4.69, 9.17) is 4.42 Å². The van der Waals surface area contributed by atoms with Crippen LogP contribution in [0.2, 0.25) is 0 Å². The molecular formula is C19H32N4O2. The molecule has 3 N–H and O–H groups in total. The van der Waals surface area contributed by atoms with Crippen molar-refractivity contribution in [3.8, 4) is 0 Å². The number of hydrogen-bond donors (Lipinski definition) is 3. The zero-order valence-corrected chi connectivity index (χ0v) is 15.7. The first-order chi connectivity index (χ1) is 12.0. The number of carbonyl (C=O) groups excluding carboxylic acids is 1. The van der Waals surface area contributed by atoms with Gasteiger partial charge in [0.1, 0.15) is 5.76 Å². The topological polar surface area (TPSA) is 78.7 Å². The number of hydrogen-bond acceptors (Lipinski definition) is 3. The summed E-state index contributed by atoms with van der Waals surface area (Å²) in [6.45, 7) is 5.01. The third-order valence-electron chi connectivity index (χ3n) is 4.66. The molecule has 0 aromatic carbocycles. The number of carbonyl (C=O) groups is 1. The molecule has 0 radical (unpaired) electrons. The summed E-state index contributed by atoms with van der Waals surface area (Å²) in [5.41, 5.74) is -0.531. The van der Waals surface area contributed by atoms with Crippen LogP contribution < -0.4 is 16.0 Å². The van der Waals surface area contributed by atoms with E-state index in [1.54, 1.807) is 13.3 Å². The minimum Gasteiger partial charge on any atom is -0.469 e. The second-order valence-electron chi connectivity index (χ2n) is 7.36. The molecule has 0 saturated heterocycles. The van der Waals surface area contributed by atoms with E-state index in [0.29, 0.717) is 12.6 Å². The Morgan fingerprint density at radius 1 is 1.32 bits per heavy atom. The number of nitrogens with zero attached hydrogens (tertiary/aromatic N) is 1. The van der Waals surface area contributed by atoms with E-state index in [2.05, 4.69) is 20.9 Å². The Hall–Kier alpha value is -1.98. The Morgan fingerprint density at radius 3 is 2.72 bits per heavy atom. The lowest BCUT2D eigenvalue weighted by Gasteiger charge is -2.26. The second kappa shape index (κ2) is 9.49. The van der Waals surface area contributed by atoms with Crippen LogP contribution >= 0.6 is 0 Å². The van der Waals surface area contributed by atoms with Crippen LogP contribution in [0.3, 0.4) is 0 Å². The Bertz CT molecular complexity index is 546. The van der Waals surface area contributed by atoms with E-state index in [9.17, 15) is 4.79 Å². The van der Waals surface area contributed by atoms with E-state index in [1.807, 2.05) is 26.0 Å². The molecule has 6 heteroatoms. The summed E-state index contributed by atoms with van der Waals surface area (Å²) in [7, 11) is 1.66. The summed E-state index contributed by atoms with van der Waals surface area (Å²) in [5.74, 6) is 1.74. The number of furan rings is 1. The van der Waals surface area contributed by atoms with Crippen molar-refractivity contribution < 1.29 is 9.21 Å². The quantitative estimate of drug-likeness (QED) is 0.522. The van der Waals surface area contributed by atoms with Gasteiger partial charge in [-0.3, -0.25) is 9.79 Å². The number of amides is 1. The molecule has 1 aliphatic rings. The smallest absolute Gasteiger partial charge is 0.227 e. The van der Waals surface area contributed by atoms with Crippen molar-refractivity contribution in [2.45, 2.75) is 58.4 Å². The van der Waals surface area contributed by atoms with Crippen LogP contribution in [0.5, 0.6) is 0 Å². The van der Waals surface area contributed by atoms with E-state index >= 15 is 0 Å². The molecule has 2 rings (SSSR count). The summed E-state index contributed by atoms with van der Waals surface area (Å²) in [5, 5.41) is 9.63. The maximum absolute atomic E-state index is 12.0. The number of nitrogens with one attached hydrogen (secondary N) is 3. The van der Waals surface area contributed by atoms with Crippen LogP contribution in [0.25, 0.3) is 0 Å². The van der Waals surface area contributed by atoms with Crippen molar-refractivity contribution in [2.75, 3.05) is 20.1 Å². The van der Waals surface area contributed by atoms with Gasteiger partial charge in [-0.25, -0.2) is 0 Å². The summed E-state index contributed by atoms with van der Waals surface area (Å²) in [6.07, 6.45) is 8.70. The maximum atomic E-state index is 12.0. The minimum atomic E-state index is -0.531. The molecule has 1 fully saturated rings. The molecule has 6 nitrogen and oxygen atoms in total. The molecule has 1 saturated carbocycles. The first-order valence-electron chi connectivity index (χ1n) is 9.30. The first kappa shape index (κ1) is 19.3. The predicted octanol–water partition coefficient (Wildman–Crippen LogP) is 2.46. The highest BCUT2D eigenvalue weighted by molar-refractivity contribution is 5.83. The highest BCUT2D eigenvalue weighted by atomic mass is 16.3. The Morgan fingerprint density at radius 2 is 2.08 bits per heavy atom. The first-order valence-corrected chi connectivity index (χ1v) is 9.30. The van der Waals surface area contributed by atoms with Crippen LogP contribution in [0.4, 0.5) is 0 Å².